The molecule has 2 aromatic carbocycles. The van der Waals surface area contributed by atoms with Gasteiger partial charge in [0.2, 0.25) is 0 Å². The highest BCUT2D eigenvalue weighted by atomic mass is 28.4. The fourth-order valence-corrected chi connectivity index (χ4v) is 10.3. The highest BCUT2D eigenvalue weighted by molar-refractivity contribution is 6.73. The molecule has 8 heteroatoms. The van der Waals surface area contributed by atoms with E-state index in [1.165, 1.54) is 6.07 Å². The minimum Gasteiger partial charge on any atom is -0.507 e. The number of aliphatic hydroxyl groups is 1. The molecule has 1 fully saturated rings. The smallest absolute Gasteiger partial charge is 0.198 e. The highest BCUT2D eigenvalue weighted by Gasteiger charge is 2.82. The van der Waals surface area contributed by atoms with Crippen molar-refractivity contribution in [2.75, 3.05) is 5.32 Å². The van der Waals surface area contributed by atoms with E-state index in [0.717, 1.165) is 36.5 Å². The molecule has 0 aromatic heterocycles. The van der Waals surface area contributed by atoms with Gasteiger partial charge in [-0.3, -0.25) is 9.59 Å². The van der Waals surface area contributed by atoms with E-state index in [4.69, 9.17) is 9.16 Å². The van der Waals surface area contributed by atoms with Gasteiger partial charge in [-0.2, -0.15) is 0 Å². The summed E-state index contributed by atoms with van der Waals surface area (Å²) < 4.78 is 13.6. The number of nitrogens with one attached hydrogen (secondary N) is 1. The van der Waals surface area contributed by atoms with E-state index in [9.17, 15) is 19.8 Å². The number of rotatable bonds is 8. The Bertz CT molecular complexity index is 1690. The van der Waals surface area contributed by atoms with Crippen LogP contribution in [-0.4, -0.2) is 53.9 Å². The number of ether oxygens (including phenoxy) is 1. The number of aryl methyl sites for hydroxylation is 1. The summed E-state index contributed by atoms with van der Waals surface area (Å²) in [4.78, 5) is 28.0. The number of ketones is 2. The first kappa shape index (κ1) is 29.4. The SMILES string of the molecule is CCCc1ccc2c(c1)C(=O)c1c(O)cc3c(c1C2=O)N[C@H]1C#C/C=C\C#C[C@@H](O)[C@@]32O[C@@]12[C@@H](C)O[Si](CC)(CC)CC. The van der Waals surface area contributed by atoms with Gasteiger partial charge in [0.15, 0.2) is 37.2 Å². The first-order valence-corrected chi connectivity index (χ1v) is 17.8. The Hall–Kier alpha value is -3.66. The number of aromatic hydroxyl groups is 1. The Morgan fingerprint density at radius 3 is 2.35 bits per heavy atom. The zero-order valence-corrected chi connectivity index (χ0v) is 26.3. The van der Waals surface area contributed by atoms with Crippen molar-refractivity contribution in [1.82, 2.24) is 0 Å². The largest absolute Gasteiger partial charge is 0.507 e. The maximum absolute atomic E-state index is 14.2. The third-order valence-corrected chi connectivity index (χ3v) is 14.6. The minimum atomic E-state index is -2.14. The predicted octanol–water partition coefficient (Wildman–Crippen LogP) is 5.23. The fourth-order valence-electron chi connectivity index (χ4n) is 7.38. The average Bonchev–Trinajstić information content (AvgIpc) is 3.74. The molecule has 4 aliphatic rings. The lowest BCUT2D eigenvalue weighted by Crippen LogP contribution is -2.57. The monoisotopic (exact) mass is 595 g/mol. The number of benzene rings is 2. The van der Waals surface area contributed by atoms with Gasteiger partial charge in [-0.05, 0) is 61.3 Å². The van der Waals surface area contributed by atoms with Crippen LogP contribution in [0.3, 0.4) is 0 Å². The first-order valence-electron chi connectivity index (χ1n) is 15.3. The van der Waals surface area contributed by atoms with E-state index in [2.05, 4.69) is 56.7 Å². The van der Waals surface area contributed by atoms with E-state index in [1.807, 2.05) is 13.0 Å². The van der Waals surface area contributed by atoms with Crippen LogP contribution in [0.15, 0.2) is 36.4 Å². The summed E-state index contributed by atoms with van der Waals surface area (Å²) >= 11 is 0. The number of anilines is 1. The molecule has 1 saturated heterocycles. The quantitative estimate of drug-likeness (QED) is 0.142. The molecule has 6 rings (SSSR count). The normalized spacial score (nSPS) is 27.5. The summed E-state index contributed by atoms with van der Waals surface area (Å²) in [7, 11) is -2.14. The van der Waals surface area contributed by atoms with Gasteiger partial charge >= 0.3 is 0 Å². The summed E-state index contributed by atoms with van der Waals surface area (Å²) in [6, 6.07) is 8.81. The van der Waals surface area contributed by atoms with Crippen molar-refractivity contribution in [2.45, 2.75) is 95.0 Å². The van der Waals surface area contributed by atoms with Crippen molar-refractivity contribution in [3.05, 3.63) is 69.8 Å². The Balaban J connectivity index is 1.57. The van der Waals surface area contributed by atoms with Crippen molar-refractivity contribution < 1.29 is 29.0 Å². The molecular formula is C35H37NO6Si. The maximum atomic E-state index is 14.2. The van der Waals surface area contributed by atoms with E-state index < -0.39 is 43.6 Å². The number of phenolic OH excluding ortho intramolecular Hbond substituents is 1. The second-order valence-corrected chi connectivity index (χ2v) is 16.6. The summed E-state index contributed by atoms with van der Waals surface area (Å²) in [5.41, 5.74) is -0.410. The van der Waals surface area contributed by atoms with Crippen LogP contribution in [0.25, 0.3) is 0 Å². The lowest BCUT2D eigenvalue weighted by molar-refractivity contribution is 0.0966. The lowest BCUT2D eigenvalue weighted by atomic mass is 9.69. The molecule has 43 heavy (non-hydrogen) atoms. The Morgan fingerprint density at radius 1 is 1.00 bits per heavy atom. The fraction of sp³-hybridized carbons (Fsp3) is 0.429. The first-order chi connectivity index (χ1) is 20.6. The Labute approximate surface area is 253 Å². The number of epoxide rings is 1. The Kier molecular flexibility index (Phi) is 7.18. The predicted molar refractivity (Wildman–Crippen MR) is 167 cm³/mol. The molecule has 5 atom stereocenters. The molecule has 0 amide bonds. The lowest BCUT2D eigenvalue weighted by Gasteiger charge is -2.41. The number of fused-ring (bicyclic) bond motifs is 4. The van der Waals surface area contributed by atoms with Crippen LogP contribution >= 0.6 is 0 Å². The van der Waals surface area contributed by atoms with Gasteiger partial charge in [-0.25, -0.2) is 0 Å². The van der Waals surface area contributed by atoms with Gasteiger partial charge in [0.1, 0.15) is 11.8 Å². The molecule has 7 nitrogen and oxygen atoms in total. The van der Waals surface area contributed by atoms with Crippen LogP contribution in [0, 0.1) is 23.7 Å². The number of hydrogen-bond acceptors (Lipinski definition) is 7. The molecule has 0 spiro atoms. The molecular weight excluding hydrogens is 558 g/mol. The van der Waals surface area contributed by atoms with Crippen LogP contribution in [0.4, 0.5) is 5.69 Å². The van der Waals surface area contributed by atoms with Gasteiger partial charge in [0.05, 0.1) is 22.9 Å². The molecule has 0 radical (unpaired) electrons. The summed E-state index contributed by atoms with van der Waals surface area (Å²) in [6.45, 7) is 10.4. The Morgan fingerprint density at radius 2 is 1.67 bits per heavy atom. The van der Waals surface area contributed by atoms with Crippen LogP contribution in [0.1, 0.15) is 84.0 Å². The van der Waals surface area contributed by atoms with Crippen molar-refractivity contribution in [1.29, 1.82) is 0 Å². The minimum absolute atomic E-state index is 0.0568. The van der Waals surface area contributed by atoms with E-state index >= 15 is 0 Å². The second-order valence-electron chi connectivity index (χ2n) is 11.9. The van der Waals surface area contributed by atoms with Crippen molar-refractivity contribution in [3.63, 3.8) is 0 Å². The molecule has 222 valence electrons. The number of carbonyl (C=O) groups excluding carboxylic acids is 2. The molecule has 2 aliphatic heterocycles. The molecule has 0 saturated carbocycles. The summed E-state index contributed by atoms with van der Waals surface area (Å²) in [5, 5.41) is 26.6. The topological polar surface area (TPSA) is 108 Å². The summed E-state index contributed by atoms with van der Waals surface area (Å²) in [6.07, 6.45) is 3.01. The molecule has 2 aromatic rings. The van der Waals surface area contributed by atoms with Crippen molar-refractivity contribution in [2.24, 2.45) is 0 Å². The standard InChI is InChI=1S/C35H37NO6Si/c1-6-14-22-17-18-23-24(19-22)33(40)29-26(37)20-25-31(30(29)32(23)39)36-27-15-12-10-11-13-16-28(38)35(25)34(27,42-35)21(5)41-43(7-2,8-3)9-4/h10-11,17-21,27-28,36-38H,6-9,14H2,1-5H3/b11-10-/t21-,27+,28-,34+,35+/m1/s1. The maximum Gasteiger partial charge on any atom is 0.198 e. The van der Waals surface area contributed by atoms with Gasteiger partial charge in [-0.1, -0.05) is 69.9 Å². The number of aliphatic hydroxyl groups excluding tert-OH is 1. The molecule has 2 heterocycles. The van der Waals surface area contributed by atoms with Crippen molar-refractivity contribution in [3.8, 4) is 29.4 Å². The van der Waals surface area contributed by atoms with E-state index in [-0.39, 0.29) is 33.8 Å². The zero-order valence-electron chi connectivity index (χ0n) is 25.3. The third kappa shape index (κ3) is 4.01. The number of hydrogen-bond donors (Lipinski definition) is 3. The van der Waals surface area contributed by atoms with Crippen LogP contribution < -0.4 is 5.32 Å². The van der Waals surface area contributed by atoms with Crippen molar-refractivity contribution >= 4 is 25.6 Å². The highest BCUT2D eigenvalue weighted by Crippen LogP contribution is 2.68. The molecule has 3 N–H and O–H groups in total. The molecule has 2 aliphatic carbocycles. The van der Waals surface area contributed by atoms with Gasteiger partial charge in [0.25, 0.3) is 0 Å². The molecule has 0 unspecified atom stereocenters. The van der Waals surface area contributed by atoms with Crippen LogP contribution in [-0.2, 0) is 21.2 Å². The van der Waals surface area contributed by atoms with E-state index in [1.54, 1.807) is 24.3 Å². The zero-order chi connectivity index (χ0) is 30.7. The van der Waals surface area contributed by atoms with Crippen LogP contribution in [0.2, 0.25) is 18.1 Å². The van der Waals surface area contributed by atoms with E-state index in [0.29, 0.717) is 11.3 Å². The summed E-state index contributed by atoms with van der Waals surface area (Å²) in [5.74, 6) is 10.9. The second kappa shape index (κ2) is 10.5. The van der Waals surface area contributed by atoms with Crippen LogP contribution in [0.5, 0.6) is 5.75 Å². The number of phenols is 1. The van der Waals surface area contributed by atoms with Gasteiger partial charge < -0.3 is 24.7 Å². The number of carbonyl (C=O) groups is 2. The number of allylic oxidation sites excluding steroid dienone is 2. The van der Waals surface area contributed by atoms with Gasteiger partial charge in [-0.15, -0.1) is 0 Å². The van der Waals surface area contributed by atoms with Gasteiger partial charge in [0, 0.05) is 16.7 Å². The molecule has 2 bridgehead atoms. The third-order valence-electron chi connectivity index (χ3n) is 9.91. The average molecular weight is 596 g/mol.